The number of carbonyl (C=O) groups excluding carboxylic acids is 2. The van der Waals surface area contributed by atoms with Crippen molar-refractivity contribution in [1.82, 2.24) is 9.80 Å². The van der Waals surface area contributed by atoms with E-state index >= 15 is 0 Å². The number of furan rings is 1. The number of anilines is 1. The van der Waals surface area contributed by atoms with Gasteiger partial charge in [0.05, 0.1) is 12.2 Å². The van der Waals surface area contributed by atoms with E-state index in [2.05, 4.69) is 50.0 Å². The molecule has 1 fully saturated rings. The summed E-state index contributed by atoms with van der Waals surface area (Å²) in [5.74, 6) is 1.31. The summed E-state index contributed by atoms with van der Waals surface area (Å²) in [7, 11) is 0. The second-order valence-electron chi connectivity index (χ2n) is 10.9. The minimum Gasteiger partial charge on any atom is -0.482 e. The van der Waals surface area contributed by atoms with Gasteiger partial charge in [0.2, 0.25) is 0 Å². The maximum atomic E-state index is 13.1. The topological polar surface area (TPSA) is 66.2 Å². The van der Waals surface area contributed by atoms with Crippen LogP contribution in [0.5, 0.6) is 5.75 Å². The van der Waals surface area contributed by atoms with E-state index in [1.165, 1.54) is 5.56 Å². The van der Waals surface area contributed by atoms with Gasteiger partial charge in [-0.15, -0.1) is 0 Å². The molecule has 0 aliphatic carbocycles. The second-order valence-corrected chi connectivity index (χ2v) is 10.9. The van der Waals surface area contributed by atoms with Gasteiger partial charge in [0.1, 0.15) is 11.5 Å². The highest BCUT2D eigenvalue weighted by Gasteiger charge is 2.29. The number of hydrogen-bond acceptors (Lipinski definition) is 5. The van der Waals surface area contributed by atoms with Crippen LogP contribution in [0, 0.1) is 0 Å². The molecule has 1 aromatic heterocycles. The van der Waals surface area contributed by atoms with Crippen LogP contribution in [-0.4, -0.2) is 60.9 Å². The summed E-state index contributed by atoms with van der Waals surface area (Å²) in [5, 5.41) is 0. The van der Waals surface area contributed by atoms with E-state index in [0.29, 0.717) is 30.4 Å². The van der Waals surface area contributed by atoms with Crippen molar-refractivity contribution >= 4 is 23.6 Å². The molecule has 3 heterocycles. The standard InChI is InChI=1S/C31H35N3O4/c1-31(2,3)24-11-13-27-26(20-24)34(29(35)22-37-27)21-25-12-14-28(38-25)30(36)33-18-16-32(17-19-33)15-7-10-23-8-5-4-6-9-23/h4-14,20H,15-19,21-22H2,1-3H3/b10-7+. The molecule has 0 bridgehead atoms. The Hall–Kier alpha value is -3.84. The van der Waals surface area contributed by atoms with Crippen LogP contribution in [0.4, 0.5) is 5.69 Å². The summed E-state index contributed by atoms with van der Waals surface area (Å²) in [6, 6.07) is 19.7. The van der Waals surface area contributed by atoms with Crippen LogP contribution in [-0.2, 0) is 16.8 Å². The molecule has 198 valence electrons. The largest absolute Gasteiger partial charge is 0.482 e. The van der Waals surface area contributed by atoms with Crippen LogP contribution in [0.2, 0.25) is 0 Å². The normalized spacial score (nSPS) is 16.6. The maximum Gasteiger partial charge on any atom is 0.289 e. The number of fused-ring (bicyclic) bond motifs is 1. The number of benzene rings is 2. The molecule has 7 nitrogen and oxygen atoms in total. The van der Waals surface area contributed by atoms with Gasteiger partial charge in [0.15, 0.2) is 12.4 Å². The Morgan fingerprint density at radius 2 is 1.74 bits per heavy atom. The first-order chi connectivity index (χ1) is 18.3. The molecule has 38 heavy (non-hydrogen) atoms. The molecule has 5 rings (SSSR count). The smallest absolute Gasteiger partial charge is 0.289 e. The summed E-state index contributed by atoms with van der Waals surface area (Å²) in [5.41, 5.74) is 2.97. The molecule has 3 aromatic rings. The number of carbonyl (C=O) groups is 2. The van der Waals surface area contributed by atoms with Crippen molar-refractivity contribution in [2.45, 2.75) is 32.7 Å². The number of amides is 2. The Morgan fingerprint density at radius 3 is 2.47 bits per heavy atom. The quantitative estimate of drug-likeness (QED) is 0.466. The molecule has 2 aliphatic heterocycles. The van der Waals surface area contributed by atoms with Crippen molar-refractivity contribution in [2.75, 3.05) is 44.2 Å². The highest BCUT2D eigenvalue weighted by Crippen LogP contribution is 2.37. The van der Waals surface area contributed by atoms with Crippen LogP contribution in [0.1, 0.15) is 48.2 Å². The Morgan fingerprint density at radius 1 is 0.974 bits per heavy atom. The van der Waals surface area contributed by atoms with E-state index in [0.717, 1.165) is 30.9 Å². The summed E-state index contributed by atoms with van der Waals surface area (Å²) in [6.45, 7) is 10.4. The van der Waals surface area contributed by atoms with E-state index < -0.39 is 0 Å². The highest BCUT2D eigenvalue weighted by atomic mass is 16.5. The van der Waals surface area contributed by atoms with Gasteiger partial charge in [-0.05, 0) is 40.8 Å². The summed E-state index contributed by atoms with van der Waals surface area (Å²) < 4.78 is 11.6. The molecule has 2 aromatic carbocycles. The van der Waals surface area contributed by atoms with Crippen molar-refractivity contribution in [3.8, 4) is 5.75 Å². The lowest BCUT2D eigenvalue weighted by Gasteiger charge is -2.33. The highest BCUT2D eigenvalue weighted by molar-refractivity contribution is 5.98. The van der Waals surface area contributed by atoms with E-state index in [9.17, 15) is 9.59 Å². The van der Waals surface area contributed by atoms with Gasteiger partial charge in [-0.2, -0.15) is 0 Å². The molecule has 2 aliphatic rings. The minimum atomic E-state index is -0.134. The van der Waals surface area contributed by atoms with Crippen molar-refractivity contribution < 1.29 is 18.7 Å². The van der Waals surface area contributed by atoms with Gasteiger partial charge < -0.3 is 14.1 Å². The lowest BCUT2D eigenvalue weighted by Crippen LogP contribution is -2.48. The van der Waals surface area contributed by atoms with Crippen LogP contribution in [0.25, 0.3) is 6.08 Å². The van der Waals surface area contributed by atoms with Gasteiger partial charge in [-0.25, -0.2) is 0 Å². The number of piperazine rings is 1. The zero-order valence-electron chi connectivity index (χ0n) is 22.4. The Balaban J connectivity index is 1.19. The zero-order valence-corrected chi connectivity index (χ0v) is 22.4. The molecule has 0 saturated carbocycles. The molecule has 0 atom stereocenters. The van der Waals surface area contributed by atoms with Crippen molar-refractivity contribution in [1.29, 1.82) is 0 Å². The maximum absolute atomic E-state index is 13.1. The molecular weight excluding hydrogens is 478 g/mol. The summed E-state index contributed by atoms with van der Waals surface area (Å²) in [6.07, 6.45) is 4.30. The van der Waals surface area contributed by atoms with E-state index in [4.69, 9.17) is 9.15 Å². The number of nitrogens with zero attached hydrogens (tertiary/aromatic N) is 3. The fourth-order valence-corrected chi connectivity index (χ4v) is 4.77. The lowest BCUT2D eigenvalue weighted by atomic mass is 9.86. The molecular formula is C31H35N3O4. The Kier molecular flexibility index (Phi) is 7.38. The predicted octanol–water partition coefficient (Wildman–Crippen LogP) is 4.97. The average molecular weight is 514 g/mol. The van der Waals surface area contributed by atoms with Crippen molar-refractivity contribution in [3.63, 3.8) is 0 Å². The Labute approximate surface area is 224 Å². The predicted molar refractivity (Wildman–Crippen MR) is 148 cm³/mol. The number of ether oxygens (including phenoxy) is 1. The van der Waals surface area contributed by atoms with E-state index in [1.54, 1.807) is 17.0 Å². The van der Waals surface area contributed by atoms with Crippen molar-refractivity contribution in [2.24, 2.45) is 0 Å². The summed E-state index contributed by atoms with van der Waals surface area (Å²) in [4.78, 5) is 31.8. The molecule has 0 spiro atoms. The average Bonchev–Trinajstić information content (AvgIpc) is 3.39. The first kappa shape index (κ1) is 25.8. The SMILES string of the molecule is CC(C)(C)c1ccc2c(c1)N(Cc1ccc(C(=O)N3CCN(C/C=C/c4ccccc4)CC3)o1)C(=O)CO2. The van der Waals surface area contributed by atoms with Gasteiger partial charge in [0.25, 0.3) is 11.8 Å². The van der Waals surface area contributed by atoms with Crippen molar-refractivity contribution in [3.05, 3.63) is 89.4 Å². The fraction of sp³-hybridized carbons (Fsp3) is 0.355. The van der Waals surface area contributed by atoms with Gasteiger partial charge in [0, 0.05) is 32.7 Å². The minimum absolute atomic E-state index is 0.0147. The van der Waals surface area contributed by atoms with Gasteiger partial charge >= 0.3 is 0 Å². The van der Waals surface area contributed by atoms with Crippen LogP contribution < -0.4 is 9.64 Å². The van der Waals surface area contributed by atoms with E-state index in [1.807, 2.05) is 41.3 Å². The second kappa shape index (κ2) is 10.9. The molecule has 2 amide bonds. The Bertz CT molecular complexity index is 1310. The molecule has 0 radical (unpaired) electrons. The van der Waals surface area contributed by atoms with E-state index in [-0.39, 0.29) is 30.4 Å². The van der Waals surface area contributed by atoms with Gasteiger partial charge in [-0.3, -0.25) is 19.4 Å². The van der Waals surface area contributed by atoms with Crippen LogP contribution in [0.15, 0.2) is 71.2 Å². The lowest BCUT2D eigenvalue weighted by molar-refractivity contribution is -0.121. The molecule has 0 N–H and O–H groups in total. The van der Waals surface area contributed by atoms with Gasteiger partial charge in [-0.1, -0.05) is 69.3 Å². The number of hydrogen-bond donors (Lipinski definition) is 0. The zero-order chi connectivity index (χ0) is 26.7. The first-order valence-corrected chi connectivity index (χ1v) is 13.2. The molecule has 7 heteroatoms. The summed E-state index contributed by atoms with van der Waals surface area (Å²) >= 11 is 0. The fourth-order valence-electron chi connectivity index (χ4n) is 4.77. The van der Waals surface area contributed by atoms with Crippen LogP contribution in [0.3, 0.4) is 0 Å². The molecule has 0 unspecified atom stereocenters. The number of rotatable bonds is 6. The first-order valence-electron chi connectivity index (χ1n) is 13.2. The third-order valence-electron chi connectivity index (χ3n) is 7.09. The molecule has 1 saturated heterocycles. The third kappa shape index (κ3) is 5.83. The monoisotopic (exact) mass is 513 g/mol. The van der Waals surface area contributed by atoms with Crippen LogP contribution >= 0.6 is 0 Å². The third-order valence-corrected chi connectivity index (χ3v) is 7.09.